The molecule has 0 unspecified atom stereocenters. The fraction of sp³-hybridized carbons (Fsp3) is 0.632. The van der Waals surface area contributed by atoms with Gasteiger partial charge in [-0.2, -0.15) is 0 Å². The Kier molecular flexibility index (Phi) is 6.81. The Hall–Kier alpha value is -1.47. The van der Waals surface area contributed by atoms with E-state index in [2.05, 4.69) is 15.1 Å². The summed E-state index contributed by atoms with van der Waals surface area (Å²) < 4.78 is 5.34. The number of rotatable bonds is 6. The van der Waals surface area contributed by atoms with Crippen molar-refractivity contribution in [3.8, 4) is 0 Å². The van der Waals surface area contributed by atoms with Crippen molar-refractivity contribution in [2.45, 2.75) is 18.9 Å². The van der Waals surface area contributed by atoms with E-state index < -0.39 is 0 Å². The maximum Gasteiger partial charge on any atom is 0.228 e. The van der Waals surface area contributed by atoms with Crippen molar-refractivity contribution in [1.29, 1.82) is 0 Å². The molecular formula is C19H29N3O3. The lowest BCUT2D eigenvalue weighted by Gasteiger charge is -2.35. The van der Waals surface area contributed by atoms with Crippen LogP contribution < -0.4 is 5.32 Å². The summed E-state index contributed by atoms with van der Waals surface area (Å²) in [5, 5.41) is 13.4. The summed E-state index contributed by atoms with van der Waals surface area (Å²) in [7, 11) is 0. The number of β-amino-alcohol motifs (C(OH)–C–C–N with tert-alkyl or cyclic N) is 1. The molecule has 1 aromatic carbocycles. The number of morpholine rings is 1. The molecule has 2 fully saturated rings. The molecule has 1 aromatic rings. The van der Waals surface area contributed by atoms with Crippen molar-refractivity contribution < 1.29 is 14.6 Å². The molecule has 1 amide bonds. The summed E-state index contributed by atoms with van der Waals surface area (Å²) in [5.74, 6) is 0.0723. The van der Waals surface area contributed by atoms with Crippen LogP contribution in [0.2, 0.25) is 0 Å². The Morgan fingerprint density at radius 3 is 2.64 bits per heavy atom. The monoisotopic (exact) mass is 347 g/mol. The first-order chi connectivity index (χ1) is 12.2. The van der Waals surface area contributed by atoms with Crippen LogP contribution in [0.15, 0.2) is 30.3 Å². The lowest BCUT2D eigenvalue weighted by Crippen LogP contribution is -2.47. The maximum absolute atomic E-state index is 12.5. The van der Waals surface area contributed by atoms with E-state index in [-0.39, 0.29) is 17.9 Å². The van der Waals surface area contributed by atoms with Crippen LogP contribution in [0.4, 0.5) is 5.69 Å². The van der Waals surface area contributed by atoms with Gasteiger partial charge in [-0.3, -0.25) is 14.6 Å². The number of hydrogen-bond acceptors (Lipinski definition) is 5. The van der Waals surface area contributed by atoms with Crippen molar-refractivity contribution in [1.82, 2.24) is 9.80 Å². The SMILES string of the molecule is O=C(Nc1ccccc1)[C@H]1CCCN(C[C@@H](O)CN2CCOCC2)C1. The van der Waals surface area contributed by atoms with Crippen LogP contribution in [-0.2, 0) is 9.53 Å². The summed E-state index contributed by atoms with van der Waals surface area (Å²) in [4.78, 5) is 17.0. The molecule has 2 heterocycles. The molecule has 0 radical (unpaired) electrons. The fourth-order valence-electron chi connectivity index (χ4n) is 3.64. The number of carbonyl (C=O) groups excluding carboxylic acids is 1. The minimum absolute atomic E-state index is 0.00968. The smallest absolute Gasteiger partial charge is 0.228 e. The van der Waals surface area contributed by atoms with Crippen molar-refractivity contribution in [2.24, 2.45) is 5.92 Å². The number of likely N-dealkylation sites (tertiary alicyclic amines) is 1. The van der Waals surface area contributed by atoms with Gasteiger partial charge in [-0.1, -0.05) is 18.2 Å². The third-order valence-corrected chi connectivity index (χ3v) is 4.96. The number of anilines is 1. The highest BCUT2D eigenvalue weighted by molar-refractivity contribution is 5.92. The predicted octanol–water partition coefficient (Wildman–Crippen LogP) is 1.03. The van der Waals surface area contributed by atoms with Crippen LogP contribution in [-0.4, -0.2) is 79.4 Å². The number of nitrogens with one attached hydrogen (secondary N) is 1. The average molecular weight is 347 g/mol. The number of hydrogen-bond donors (Lipinski definition) is 2. The van der Waals surface area contributed by atoms with E-state index in [0.717, 1.165) is 57.9 Å². The van der Waals surface area contributed by atoms with E-state index >= 15 is 0 Å². The molecule has 2 saturated heterocycles. The van der Waals surface area contributed by atoms with Crippen molar-refractivity contribution in [3.63, 3.8) is 0 Å². The predicted molar refractivity (Wildman–Crippen MR) is 97.5 cm³/mol. The second-order valence-electron chi connectivity index (χ2n) is 7.02. The molecule has 2 aliphatic rings. The standard InChI is InChI=1S/C19H29N3O3/c23-18(14-21-9-11-25-12-10-21)15-22-8-4-5-16(13-22)19(24)20-17-6-2-1-3-7-17/h1-3,6-7,16,18,23H,4-5,8-15H2,(H,20,24)/t16-,18-/m0/s1. The number of benzene rings is 1. The second kappa shape index (κ2) is 9.29. The minimum atomic E-state index is -0.381. The lowest BCUT2D eigenvalue weighted by molar-refractivity contribution is -0.121. The van der Waals surface area contributed by atoms with Gasteiger partial charge in [0, 0.05) is 38.4 Å². The van der Waals surface area contributed by atoms with E-state index in [0.29, 0.717) is 13.1 Å². The van der Waals surface area contributed by atoms with Crippen molar-refractivity contribution in [3.05, 3.63) is 30.3 Å². The molecule has 25 heavy (non-hydrogen) atoms. The molecule has 0 aliphatic carbocycles. The first-order valence-electron chi connectivity index (χ1n) is 9.27. The van der Waals surface area contributed by atoms with Crippen LogP contribution in [0.25, 0.3) is 0 Å². The van der Waals surface area contributed by atoms with E-state index in [1.54, 1.807) is 0 Å². The molecule has 6 nitrogen and oxygen atoms in total. The summed E-state index contributed by atoms with van der Waals surface area (Å²) in [6, 6.07) is 9.60. The fourth-order valence-corrected chi connectivity index (χ4v) is 3.64. The maximum atomic E-state index is 12.5. The van der Waals surface area contributed by atoms with Gasteiger partial charge in [0.05, 0.1) is 25.2 Å². The largest absolute Gasteiger partial charge is 0.390 e. The molecule has 0 saturated carbocycles. The van der Waals surface area contributed by atoms with Crippen molar-refractivity contribution in [2.75, 3.05) is 57.8 Å². The van der Waals surface area contributed by atoms with Gasteiger partial charge in [-0.25, -0.2) is 0 Å². The van der Waals surface area contributed by atoms with E-state index in [1.165, 1.54) is 0 Å². The van der Waals surface area contributed by atoms with Gasteiger partial charge in [-0.15, -0.1) is 0 Å². The van der Waals surface area contributed by atoms with Gasteiger partial charge in [0.15, 0.2) is 0 Å². The molecule has 6 heteroatoms. The summed E-state index contributed by atoms with van der Waals surface area (Å²) in [5.41, 5.74) is 0.844. The highest BCUT2D eigenvalue weighted by Crippen LogP contribution is 2.19. The molecule has 138 valence electrons. The minimum Gasteiger partial charge on any atom is -0.390 e. The lowest BCUT2D eigenvalue weighted by atomic mass is 9.96. The Bertz CT molecular complexity index is 534. The topological polar surface area (TPSA) is 65.0 Å². The molecular weight excluding hydrogens is 318 g/mol. The van der Waals surface area contributed by atoms with Gasteiger partial charge in [-0.05, 0) is 31.5 Å². The third kappa shape index (κ3) is 5.78. The summed E-state index contributed by atoms with van der Waals surface area (Å²) in [6.45, 7) is 6.26. The molecule has 0 bridgehead atoms. The van der Waals surface area contributed by atoms with Crippen LogP contribution >= 0.6 is 0 Å². The Morgan fingerprint density at radius 2 is 1.88 bits per heavy atom. The number of nitrogens with zero attached hydrogens (tertiary/aromatic N) is 2. The average Bonchev–Trinajstić information content (AvgIpc) is 2.63. The molecule has 3 rings (SSSR count). The quantitative estimate of drug-likeness (QED) is 0.805. The zero-order valence-corrected chi connectivity index (χ0v) is 14.8. The molecule has 0 spiro atoms. The second-order valence-corrected chi connectivity index (χ2v) is 7.02. The number of carbonyl (C=O) groups is 1. The number of para-hydroxylation sites is 1. The number of amides is 1. The van der Waals surface area contributed by atoms with E-state index in [9.17, 15) is 9.90 Å². The molecule has 2 N–H and O–H groups in total. The number of aliphatic hydroxyl groups is 1. The molecule has 2 aliphatic heterocycles. The third-order valence-electron chi connectivity index (χ3n) is 4.96. The van der Waals surface area contributed by atoms with Crippen LogP contribution in [0, 0.1) is 5.92 Å². The first-order valence-corrected chi connectivity index (χ1v) is 9.27. The summed E-state index contributed by atoms with van der Waals surface area (Å²) in [6.07, 6.45) is 1.53. The molecule has 0 aromatic heterocycles. The van der Waals surface area contributed by atoms with E-state index in [4.69, 9.17) is 4.74 Å². The van der Waals surface area contributed by atoms with Gasteiger partial charge in [0.2, 0.25) is 5.91 Å². The molecule has 2 atom stereocenters. The van der Waals surface area contributed by atoms with Crippen LogP contribution in [0.5, 0.6) is 0 Å². The van der Waals surface area contributed by atoms with Crippen molar-refractivity contribution >= 4 is 11.6 Å². The van der Waals surface area contributed by atoms with Crippen LogP contribution in [0.1, 0.15) is 12.8 Å². The highest BCUT2D eigenvalue weighted by Gasteiger charge is 2.27. The van der Waals surface area contributed by atoms with Gasteiger partial charge in [0.1, 0.15) is 0 Å². The van der Waals surface area contributed by atoms with Gasteiger partial charge in [0.25, 0.3) is 0 Å². The number of ether oxygens (including phenoxy) is 1. The Labute approximate surface area is 149 Å². The number of piperidine rings is 1. The highest BCUT2D eigenvalue weighted by atomic mass is 16.5. The van der Waals surface area contributed by atoms with E-state index in [1.807, 2.05) is 30.3 Å². The Balaban J connectivity index is 1.44. The van der Waals surface area contributed by atoms with Gasteiger partial charge < -0.3 is 15.2 Å². The Morgan fingerprint density at radius 1 is 1.16 bits per heavy atom. The summed E-state index contributed by atoms with van der Waals surface area (Å²) >= 11 is 0. The van der Waals surface area contributed by atoms with Gasteiger partial charge >= 0.3 is 0 Å². The first kappa shape index (κ1) is 18.3. The van der Waals surface area contributed by atoms with Crippen LogP contribution in [0.3, 0.4) is 0 Å². The zero-order valence-electron chi connectivity index (χ0n) is 14.8. The number of aliphatic hydroxyl groups excluding tert-OH is 1. The normalized spacial score (nSPS) is 24.0. The zero-order chi connectivity index (χ0) is 17.5.